The molecular weight excluding hydrogens is 264 g/mol. The number of hydrogen-bond acceptors (Lipinski definition) is 4. The van der Waals surface area contributed by atoms with Gasteiger partial charge in [-0.05, 0) is 45.4 Å². The molecule has 1 saturated heterocycles. The maximum atomic E-state index is 5.77. The molecule has 0 radical (unpaired) electrons. The van der Waals surface area contributed by atoms with Crippen LogP contribution in [0.5, 0.6) is 11.5 Å². The van der Waals surface area contributed by atoms with Crippen molar-refractivity contribution in [2.45, 2.75) is 52.4 Å². The molecule has 0 amide bonds. The summed E-state index contributed by atoms with van der Waals surface area (Å²) in [7, 11) is 1.70. The van der Waals surface area contributed by atoms with Crippen LogP contribution in [-0.2, 0) is 6.54 Å². The normalized spacial score (nSPS) is 23.3. The third kappa shape index (κ3) is 4.35. The van der Waals surface area contributed by atoms with Crippen molar-refractivity contribution in [2.24, 2.45) is 0 Å². The standard InChI is InChI=1S/C17H28N2O2/c1-12(2)21-16-7-6-15(8-17(16)20-5)11-19-10-13(3)18-9-14(19)4/h6-8,12-14,18H,9-11H2,1-5H3. The van der Waals surface area contributed by atoms with Crippen LogP contribution in [0.3, 0.4) is 0 Å². The number of nitrogens with one attached hydrogen (secondary N) is 1. The largest absolute Gasteiger partial charge is 0.493 e. The fourth-order valence-electron chi connectivity index (χ4n) is 2.71. The maximum Gasteiger partial charge on any atom is 0.161 e. The zero-order valence-electron chi connectivity index (χ0n) is 13.8. The topological polar surface area (TPSA) is 33.7 Å². The Morgan fingerprint density at radius 2 is 2.05 bits per heavy atom. The van der Waals surface area contributed by atoms with E-state index < -0.39 is 0 Å². The van der Waals surface area contributed by atoms with Crippen molar-refractivity contribution in [3.05, 3.63) is 23.8 Å². The number of rotatable bonds is 5. The molecule has 2 rings (SSSR count). The zero-order valence-corrected chi connectivity index (χ0v) is 13.8. The Morgan fingerprint density at radius 1 is 1.29 bits per heavy atom. The van der Waals surface area contributed by atoms with Crippen molar-refractivity contribution in [1.29, 1.82) is 0 Å². The monoisotopic (exact) mass is 292 g/mol. The van der Waals surface area contributed by atoms with E-state index in [-0.39, 0.29) is 6.10 Å². The summed E-state index contributed by atoms with van der Waals surface area (Å²) >= 11 is 0. The second kappa shape index (κ2) is 7.14. The van der Waals surface area contributed by atoms with Gasteiger partial charge in [-0.1, -0.05) is 6.07 Å². The second-order valence-electron chi connectivity index (χ2n) is 6.24. The molecule has 1 aromatic rings. The van der Waals surface area contributed by atoms with Crippen LogP contribution in [0.4, 0.5) is 0 Å². The Labute approximate surface area is 128 Å². The summed E-state index contributed by atoms with van der Waals surface area (Å²) in [5, 5.41) is 3.51. The molecule has 1 aromatic carbocycles. The molecule has 0 spiro atoms. The number of benzene rings is 1. The Balaban J connectivity index is 2.09. The first-order valence-corrected chi connectivity index (χ1v) is 7.80. The van der Waals surface area contributed by atoms with Crippen LogP contribution in [0.15, 0.2) is 18.2 Å². The molecule has 118 valence electrons. The molecule has 0 aliphatic carbocycles. The van der Waals surface area contributed by atoms with Crippen molar-refractivity contribution in [1.82, 2.24) is 10.2 Å². The first-order valence-electron chi connectivity index (χ1n) is 7.80. The average Bonchev–Trinajstić information content (AvgIpc) is 2.44. The predicted molar refractivity (Wildman–Crippen MR) is 86.1 cm³/mol. The molecule has 21 heavy (non-hydrogen) atoms. The van der Waals surface area contributed by atoms with Gasteiger partial charge in [0.15, 0.2) is 11.5 Å². The molecule has 2 unspecified atom stereocenters. The van der Waals surface area contributed by atoms with E-state index in [0.717, 1.165) is 31.1 Å². The molecule has 4 heteroatoms. The van der Waals surface area contributed by atoms with Crippen molar-refractivity contribution in [2.75, 3.05) is 20.2 Å². The van der Waals surface area contributed by atoms with Crippen molar-refractivity contribution in [3.8, 4) is 11.5 Å². The van der Waals surface area contributed by atoms with Crippen molar-refractivity contribution >= 4 is 0 Å². The van der Waals surface area contributed by atoms with Crippen LogP contribution in [0.25, 0.3) is 0 Å². The summed E-state index contributed by atoms with van der Waals surface area (Å²) in [5.74, 6) is 1.63. The van der Waals surface area contributed by atoms with Crippen molar-refractivity contribution in [3.63, 3.8) is 0 Å². The third-order valence-electron chi connectivity index (χ3n) is 3.87. The quantitative estimate of drug-likeness (QED) is 0.904. The number of piperazine rings is 1. The van der Waals surface area contributed by atoms with Gasteiger partial charge in [-0.3, -0.25) is 4.90 Å². The van der Waals surface area contributed by atoms with Crippen LogP contribution in [0, 0.1) is 0 Å². The summed E-state index contributed by atoms with van der Waals surface area (Å²) in [6, 6.07) is 7.35. The highest BCUT2D eigenvalue weighted by Gasteiger charge is 2.22. The Morgan fingerprint density at radius 3 is 2.71 bits per heavy atom. The highest BCUT2D eigenvalue weighted by molar-refractivity contribution is 5.43. The summed E-state index contributed by atoms with van der Waals surface area (Å²) in [6.07, 6.45) is 0.152. The van der Waals surface area contributed by atoms with Crippen LogP contribution in [0.1, 0.15) is 33.3 Å². The number of ether oxygens (including phenoxy) is 2. The molecule has 0 bridgehead atoms. The SMILES string of the molecule is COc1cc(CN2CC(C)NCC2C)ccc1OC(C)C. The van der Waals surface area contributed by atoms with E-state index in [9.17, 15) is 0 Å². The Hall–Kier alpha value is -1.26. The predicted octanol–water partition coefficient (Wildman–Crippen LogP) is 2.66. The molecule has 1 fully saturated rings. The van der Waals surface area contributed by atoms with Gasteiger partial charge in [0, 0.05) is 31.7 Å². The fourth-order valence-corrected chi connectivity index (χ4v) is 2.71. The van der Waals surface area contributed by atoms with Gasteiger partial charge in [-0.15, -0.1) is 0 Å². The summed E-state index contributed by atoms with van der Waals surface area (Å²) in [6.45, 7) is 11.6. The molecule has 2 atom stereocenters. The first-order chi connectivity index (χ1) is 9.99. The van der Waals surface area contributed by atoms with E-state index in [1.807, 2.05) is 19.9 Å². The van der Waals surface area contributed by atoms with E-state index in [2.05, 4.69) is 36.2 Å². The van der Waals surface area contributed by atoms with Gasteiger partial charge in [0.25, 0.3) is 0 Å². The summed E-state index contributed by atoms with van der Waals surface area (Å²) in [5.41, 5.74) is 1.27. The molecule has 1 N–H and O–H groups in total. The van der Waals surface area contributed by atoms with Crippen LogP contribution < -0.4 is 14.8 Å². The molecule has 0 saturated carbocycles. The van der Waals surface area contributed by atoms with E-state index in [1.54, 1.807) is 7.11 Å². The highest BCUT2D eigenvalue weighted by Crippen LogP contribution is 2.29. The lowest BCUT2D eigenvalue weighted by atomic mass is 10.1. The van der Waals surface area contributed by atoms with Gasteiger partial charge in [0.1, 0.15) is 0 Å². The molecule has 4 nitrogen and oxygen atoms in total. The van der Waals surface area contributed by atoms with E-state index in [0.29, 0.717) is 12.1 Å². The second-order valence-corrected chi connectivity index (χ2v) is 6.24. The third-order valence-corrected chi connectivity index (χ3v) is 3.87. The molecule has 1 aliphatic heterocycles. The molecule has 1 aliphatic rings. The number of methoxy groups -OCH3 is 1. The average molecular weight is 292 g/mol. The Bertz CT molecular complexity index is 462. The van der Waals surface area contributed by atoms with Gasteiger partial charge in [-0.2, -0.15) is 0 Å². The lowest BCUT2D eigenvalue weighted by Crippen LogP contribution is -2.53. The first kappa shape index (κ1) is 16.1. The molecule has 1 heterocycles. The fraction of sp³-hybridized carbons (Fsp3) is 0.647. The number of hydrogen-bond donors (Lipinski definition) is 1. The molecular formula is C17H28N2O2. The van der Waals surface area contributed by atoms with Crippen LogP contribution >= 0.6 is 0 Å². The van der Waals surface area contributed by atoms with E-state index in [4.69, 9.17) is 9.47 Å². The van der Waals surface area contributed by atoms with Crippen LogP contribution in [0.2, 0.25) is 0 Å². The van der Waals surface area contributed by atoms with Gasteiger partial charge in [-0.25, -0.2) is 0 Å². The van der Waals surface area contributed by atoms with Gasteiger partial charge >= 0.3 is 0 Å². The summed E-state index contributed by atoms with van der Waals surface area (Å²) in [4.78, 5) is 2.51. The molecule has 0 aromatic heterocycles. The lowest BCUT2D eigenvalue weighted by molar-refractivity contribution is 0.138. The zero-order chi connectivity index (χ0) is 15.4. The maximum absolute atomic E-state index is 5.77. The van der Waals surface area contributed by atoms with Gasteiger partial charge in [0.2, 0.25) is 0 Å². The minimum atomic E-state index is 0.152. The van der Waals surface area contributed by atoms with Gasteiger partial charge in [0.05, 0.1) is 13.2 Å². The van der Waals surface area contributed by atoms with Crippen molar-refractivity contribution < 1.29 is 9.47 Å². The van der Waals surface area contributed by atoms with E-state index in [1.165, 1.54) is 5.56 Å². The lowest BCUT2D eigenvalue weighted by Gasteiger charge is -2.37. The summed E-state index contributed by atoms with van der Waals surface area (Å²) < 4.78 is 11.2. The minimum Gasteiger partial charge on any atom is -0.493 e. The Kier molecular flexibility index (Phi) is 5.48. The van der Waals surface area contributed by atoms with Gasteiger partial charge < -0.3 is 14.8 Å². The minimum absolute atomic E-state index is 0.152. The number of nitrogens with zero attached hydrogens (tertiary/aromatic N) is 1. The smallest absolute Gasteiger partial charge is 0.161 e. The van der Waals surface area contributed by atoms with E-state index >= 15 is 0 Å². The van der Waals surface area contributed by atoms with Crippen LogP contribution in [-0.4, -0.2) is 43.3 Å². The highest BCUT2D eigenvalue weighted by atomic mass is 16.5.